The monoisotopic (exact) mass is 271 g/mol. The van der Waals surface area contributed by atoms with E-state index < -0.39 is 5.97 Å². The molecule has 2 aromatic rings. The Morgan fingerprint density at radius 1 is 1.35 bits per heavy atom. The van der Waals surface area contributed by atoms with Crippen LogP contribution in [0.1, 0.15) is 30.2 Å². The number of benzene rings is 1. The predicted molar refractivity (Wildman–Crippen MR) is 69.3 cm³/mol. The average molecular weight is 272 g/mol. The molecule has 1 aromatic heterocycles. The maximum absolute atomic E-state index is 11.2. The molecule has 0 amide bonds. The van der Waals surface area contributed by atoms with E-state index in [1.54, 1.807) is 18.3 Å². The van der Waals surface area contributed by atoms with Gasteiger partial charge in [0.2, 0.25) is 0 Å². The van der Waals surface area contributed by atoms with Crippen LogP contribution in [0.5, 0.6) is 0 Å². The molecule has 1 heterocycles. The van der Waals surface area contributed by atoms with Gasteiger partial charge in [-0.15, -0.1) is 0 Å². The maximum Gasteiger partial charge on any atom is 0.337 e. The van der Waals surface area contributed by atoms with Crippen LogP contribution in [0.4, 0.5) is 0 Å². The zero-order valence-corrected chi connectivity index (χ0v) is 10.9. The third kappa shape index (κ3) is 1.90. The fourth-order valence-corrected chi connectivity index (χ4v) is 2.28. The van der Waals surface area contributed by atoms with Gasteiger partial charge >= 0.3 is 5.97 Å². The molecular formula is C12H11Cl2NO2. The number of carbonyl (C=O) groups is 1. The van der Waals surface area contributed by atoms with Gasteiger partial charge in [0.05, 0.1) is 21.1 Å². The van der Waals surface area contributed by atoms with E-state index in [1.165, 1.54) is 0 Å². The lowest BCUT2D eigenvalue weighted by atomic mass is 10.2. The van der Waals surface area contributed by atoms with Gasteiger partial charge in [-0.05, 0) is 19.9 Å². The Labute approximate surface area is 109 Å². The van der Waals surface area contributed by atoms with Crippen LogP contribution in [0.15, 0.2) is 18.3 Å². The van der Waals surface area contributed by atoms with E-state index in [9.17, 15) is 4.79 Å². The van der Waals surface area contributed by atoms with E-state index in [4.69, 9.17) is 28.3 Å². The summed E-state index contributed by atoms with van der Waals surface area (Å²) >= 11 is 12.1. The van der Waals surface area contributed by atoms with E-state index >= 15 is 0 Å². The highest BCUT2D eigenvalue weighted by Gasteiger charge is 2.18. The third-order valence-corrected chi connectivity index (χ3v) is 3.47. The number of carboxylic acids is 1. The van der Waals surface area contributed by atoms with Gasteiger partial charge in [-0.3, -0.25) is 0 Å². The van der Waals surface area contributed by atoms with Crippen molar-refractivity contribution in [1.29, 1.82) is 0 Å². The molecule has 0 spiro atoms. The number of rotatable bonds is 2. The van der Waals surface area contributed by atoms with Gasteiger partial charge in [0, 0.05) is 17.6 Å². The quantitative estimate of drug-likeness (QED) is 0.888. The van der Waals surface area contributed by atoms with E-state index in [0.717, 1.165) is 0 Å². The average Bonchev–Trinajstić information content (AvgIpc) is 2.63. The molecule has 2 rings (SSSR count). The van der Waals surface area contributed by atoms with Crippen LogP contribution in [0.25, 0.3) is 10.9 Å². The van der Waals surface area contributed by atoms with Crippen molar-refractivity contribution in [3.63, 3.8) is 0 Å². The van der Waals surface area contributed by atoms with Crippen molar-refractivity contribution in [3.8, 4) is 0 Å². The van der Waals surface area contributed by atoms with Gasteiger partial charge in [0.1, 0.15) is 0 Å². The molecular weight excluding hydrogens is 261 g/mol. The van der Waals surface area contributed by atoms with Gasteiger partial charge in [0.15, 0.2) is 0 Å². The highest BCUT2D eigenvalue weighted by molar-refractivity contribution is 6.45. The molecule has 0 atom stereocenters. The first kappa shape index (κ1) is 12.3. The van der Waals surface area contributed by atoms with E-state index in [-0.39, 0.29) is 11.6 Å². The standard InChI is InChI=1S/C12H11Cl2NO2/c1-6(2)15-5-8(12(16)17)7-3-4-9(13)10(14)11(7)15/h3-6H,1-2H3,(H,16,17). The summed E-state index contributed by atoms with van der Waals surface area (Å²) in [6.45, 7) is 3.92. The fourth-order valence-electron chi connectivity index (χ4n) is 1.86. The molecule has 0 saturated heterocycles. The van der Waals surface area contributed by atoms with Crippen LogP contribution in [-0.4, -0.2) is 15.6 Å². The van der Waals surface area contributed by atoms with Crippen molar-refractivity contribution in [2.24, 2.45) is 0 Å². The number of hydrogen-bond donors (Lipinski definition) is 1. The molecule has 3 nitrogen and oxygen atoms in total. The lowest BCUT2D eigenvalue weighted by Crippen LogP contribution is -1.99. The zero-order chi connectivity index (χ0) is 12.7. The Bertz CT molecular complexity index is 602. The number of fused-ring (bicyclic) bond motifs is 1. The normalized spacial score (nSPS) is 11.4. The molecule has 0 aliphatic heterocycles. The summed E-state index contributed by atoms with van der Waals surface area (Å²) in [4.78, 5) is 11.2. The summed E-state index contributed by atoms with van der Waals surface area (Å²) in [5, 5.41) is 10.6. The minimum atomic E-state index is -0.965. The molecule has 5 heteroatoms. The topological polar surface area (TPSA) is 42.2 Å². The fraction of sp³-hybridized carbons (Fsp3) is 0.250. The van der Waals surface area contributed by atoms with Crippen LogP contribution < -0.4 is 0 Å². The highest BCUT2D eigenvalue weighted by atomic mass is 35.5. The van der Waals surface area contributed by atoms with Crippen molar-refractivity contribution < 1.29 is 9.90 Å². The largest absolute Gasteiger partial charge is 0.478 e. The first-order valence-corrected chi connectivity index (χ1v) is 5.91. The van der Waals surface area contributed by atoms with Crippen molar-refractivity contribution in [3.05, 3.63) is 33.9 Å². The maximum atomic E-state index is 11.2. The summed E-state index contributed by atoms with van der Waals surface area (Å²) in [6.07, 6.45) is 1.60. The van der Waals surface area contributed by atoms with E-state index in [1.807, 2.05) is 18.4 Å². The second-order valence-electron chi connectivity index (χ2n) is 4.11. The smallest absolute Gasteiger partial charge is 0.337 e. The molecule has 1 N–H and O–H groups in total. The Kier molecular flexibility index (Phi) is 3.06. The number of aromatic nitrogens is 1. The summed E-state index contributed by atoms with van der Waals surface area (Å²) in [5.74, 6) is -0.965. The Morgan fingerprint density at radius 2 is 2.00 bits per heavy atom. The summed E-state index contributed by atoms with van der Waals surface area (Å²) < 4.78 is 1.83. The first-order valence-electron chi connectivity index (χ1n) is 5.15. The second-order valence-corrected chi connectivity index (χ2v) is 4.89. The van der Waals surface area contributed by atoms with E-state index in [0.29, 0.717) is 20.9 Å². The number of nitrogens with zero attached hydrogens (tertiary/aromatic N) is 1. The molecule has 0 bridgehead atoms. The Morgan fingerprint density at radius 3 is 2.53 bits per heavy atom. The van der Waals surface area contributed by atoms with Gasteiger partial charge < -0.3 is 9.67 Å². The third-order valence-electron chi connectivity index (χ3n) is 2.67. The lowest BCUT2D eigenvalue weighted by molar-refractivity contribution is 0.0699. The van der Waals surface area contributed by atoms with Gasteiger partial charge in [-0.25, -0.2) is 4.79 Å². The number of hydrogen-bond acceptors (Lipinski definition) is 1. The van der Waals surface area contributed by atoms with Crippen LogP contribution in [0, 0.1) is 0 Å². The summed E-state index contributed by atoms with van der Waals surface area (Å²) in [6, 6.07) is 3.41. The summed E-state index contributed by atoms with van der Waals surface area (Å²) in [5.41, 5.74) is 0.916. The second kappa shape index (κ2) is 4.24. The van der Waals surface area contributed by atoms with Gasteiger partial charge in [0.25, 0.3) is 0 Å². The van der Waals surface area contributed by atoms with Crippen LogP contribution in [0.3, 0.4) is 0 Å². The van der Waals surface area contributed by atoms with Gasteiger partial charge in [-0.1, -0.05) is 29.3 Å². The minimum absolute atomic E-state index is 0.113. The Balaban J connectivity index is 2.91. The summed E-state index contributed by atoms with van der Waals surface area (Å²) in [7, 11) is 0. The van der Waals surface area contributed by atoms with Crippen molar-refractivity contribution >= 4 is 40.1 Å². The number of carboxylic acid groups (broad SMARTS) is 1. The van der Waals surface area contributed by atoms with Crippen molar-refractivity contribution in [2.45, 2.75) is 19.9 Å². The molecule has 0 fully saturated rings. The predicted octanol–water partition coefficient (Wildman–Crippen LogP) is 4.23. The van der Waals surface area contributed by atoms with Crippen LogP contribution >= 0.6 is 23.2 Å². The van der Waals surface area contributed by atoms with Crippen molar-refractivity contribution in [1.82, 2.24) is 4.57 Å². The molecule has 0 aliphatic carbocycles. The minimum Gasteiger partial charge on any atom is -0.478 e. The number of halogens is 2. The molecule has 1 aromatic carbocycles. The van der Waals surface area contributed by atoms with Gasteiger partial charge in [-0.2, -0.15) is 0 Å². The van der Waals surface area contributed by atoms with E-state index in [2.05, 4.69) is 0 Å². The molecule has 17 heavy (non-hydrogen) atoms. The SMILES string of the molecule is CC(C)n1cc(C(=O)O)c2ccc(Cl)c(Cl)c21. The lowest BCUT2D eigenvalue weighted by Gasteiger charge is -2.10. The molecule has 0 radical (unpaired) electrons. The highest BCUT2D eigenvalue weighted by Crippen LogP contribution is 2.35. The Hall–Kier alpha value is -1.19. The molecule has 0 saturated carbocycles. The van der Waals surface area contributed by atoms with Crippen LogP contribution in [0.2, 0.25) is 10.0 Å². The van der Waals surface area contributed by atoms with Crippen molar-refractivity contribution in [2.75, 3.05) is 0 Å². The number of aromatic carboxylic acids is 1. The van der Waals surface area contributed by atoms with Crippen LogP contribution in [-0.2, 0) is 0 Å². The molecule has 0 unspecified atom stereocenters. The zero-order valence-electron chi connectivity index (χ0n) is 9.37. The first-order chi connectivity index (χ1) is 7.93. The molecule has 90 valence electrons. The molecule has 0 aliphatic rings.